The van der Waals surface area contributed by atoms with Crippen LogP contribution in [-0.4, -0.2) is 6.29 Å². The average Bonchev–Trinajstić information content (AvgIpc) is 2.71. The zero-order chi connectivity index (χ0) is 9.26. The van der Waals surface area contributed by atoms with Crippen LogP contribution in [0.4, 0.5) is 0 Å². The maximum absolute atomic E-state index is 10.3. The van der Waals surface area contributed by atoms with Gasteiger partial charge in [0.05, 0.1) is 9.21 Å². The summed E-state index contributed by atoms with van der Waals surface area (Å²) in [5, 5.41) is 0. The number of thiophene rings is 1. The van der Waals surface area contributed by atoms with E-state index in [-0.39, 0.29) is 0 Å². The van der Waals surface area contributed by atoms with Crippen molar-refractivity contribution in [2.45, 2.75) is 0 Å². The molecule has 0 unspecified atom stereocenters. The SMILES string of the molecule is O=Cc1ccc(-c2ccc(Cl)s2)o1. The lowest BCUT2D eigenvalue weighted by Gasteiger charge is -1.87. The highest BCUT2D eigenvalue weighted by Gasteiger charge is 2.06. The van der Waals surface area contributed by atoms with E-state index in [1.54, 1.807) is 18.2 Å². The van der Waals surface area contributed by atoms with Crippen molar-refractivity contribution in [2.75, 3.05) is 0 Å². The van der Waals surface area contributed by atoms with Crippen LogP contribution in [0.2, 0.25) is 4.34 Å². The summed E-state index contributed by atoms with van der Waals surface area (Å²) in [5.41, 5.74) is 0. The first-order valence-electron chi connectivity index (χ1n) is 3.60. The molecule has 0 bridgehead atoms. The number of aldehydes is 1. The number of furan rings is 1. The topological polar surface area (TPSA) is 30.2 Å². The molecule has 66 valence electrons. The zero-order valence-electron chi connectivity index (χ0n) is 6.49. The van der Waals surface area contributed by atoms with Gasteiger partial charge in [0.1, 0.15) is 5.76 Å². The normalized spacial score (nSPS) is 10.2. The van der Waals surface area contributed by atoms with Crippen LogP contribution in [0.15, 0.2) is 28.7 Å². The highest BCUT2D eigenvalue weighted by molar-refractivity contribution is 7.19. The first-order chi connectivity index (χ1) is 6.29. The smallest absolute Gasteiger partial charge is 0.185 e. The molecule has 2 heterocycles. The molecule has 0 saturated heterocycles. The Morgan fingerprint density at radius 3 is 2.69 bits per heavy atom. The molecule has 0 aromatic carbocycles. The largest absolute Gasteiger partial charge is 0.452 e. The van der Waals surface area contributed by atoms with E-state index in [4.69, 9.17) is 16.0 Å². The second-order valence-electron chi connectivity index (χ2n) is 2.42. The molecule has 2 aromatic heterocycles. The molecular weight excluding hydrogens is 208 g/mol. The van der Waals surface area contributed by atoms with E-state index < -0.39 is 0 Å². The summed E-state index contributed by atoms with van der Waals surface area (Å²) in [6.45, 7) is 0. The van der Waals surface area contributed by atoms with Gasteiger partial charge in [0.2, 0.25) is 0 Å². The van der Waals surface area contributed by atoms with Crippen molar-refractivity contribution < 1.29 is 9.21 Å². The van der Waals surface area contributed by atoms with Crippen molar-refractivity contribution in [1.82, 2.24) is 0 Å². The predicted molar refractivity (Wildman–Crippen MR) is 52.4 cm³/mol. The van der Waals surface area contributed by atoms with Crippen LogP contribution in [0.3, 0.4) is 0 Å². The molecule has 2 nitrogen and oxygen atoms in total. The molecule has 0 fully saturated rings. The Morgan fingerprint density at radius 2 is 2.15 bits per heavy atom. The molecule has 13 heavy (non-hydrogen) atoms. The van der Waals surface area contributed by atoms with E-state index >= 15 is 0 Å². The quantitative estimate of drug-likeness (QED) is 0.714. The third kappa shape index (κ3) is 1.66. The number of carbonyl (C=O) groups excluding carboxylic acids is 1. The van der Waals surface area contributed by atoms with Crippen molar-refractivity contribution in [1.29, 1.82) is 0 Å². The third-order valence-corrected chi connectivity index (χ3v) is 2.80. The lowest BCUT2D eigenvalue weighted by molar-refractivity contribution is 0.110. The molecule has 2 aromatic rings. The number of halogens is 1. The van der Waals surface area contributed by atoms with Crippen LogP contribution in [0.1, 0.15) is 10.6 Å². The minimum absolute atomic E-state index is 0.333. The highest BCUT2D eigenvalue weighted by Crippen LogP contribution is 2.31. The Labute approximate surface area is 83.8 Å². The van der Waals surface area contributed by atoms with E-state index in [1.165, 1.54) is 11.3 Å². The van der Waals surface area contributed by atoms with Crippen LogP contribution in [0, 0.1) is 0 Å². The van der Waals surface area contributed by atoms with Gasteiger partial charge >= 0.3 is 0 Å². The van der Waals surface area contributed by atoms with Crippen LogP contribution < -0.4 is 0 Å². The van der Waals surface area contributed by atoms with Gasteiger partial charge in [0, 0.05) is 0 Å². The Bertz CT molecular complexity index is 430. The van der Waals surface area contributed by atoms with Crippen molar-refractivity contribution in [3.8, 4) is 10.6 Å². The van der Waals surface area contributed by atoms with Gasteiger partial charge in [0.25, 0.3) is 0 Å². The maximum atomic E-state index is 10.3. The molecule has 0 atom stereocenters. The van der Waals surface area contributed by atoms with Crippen molar-refractivity contribution in [3.05, 3.63) is 34.4 Å². The van der Waals surface area contributed by atoms with E-state index in [0.717, 1.165) is 4.88 Å². The van der Waals surface area contributed by atoms with Gasteiger partial charge in [-0.1, -0.05) is 11.6 Å². The summed E-state index contributed by atoms with van der Waals surface area (Å²) in [5.74, 6) is 1.01. The monoisotopic (exact) mass is 212 g/mol. The van der Waals surface area contributed by atoms with Crippen molar-refractivity contribution in [2.24, 2.45) is 0 Å². The molecule has 2 rings (SSSR count). The van der Waals surface area contributed by atoms with Gasteiger partial charge in [-0.05, 0) is 24.3 Å². The lowest BCUT2D eigenvalue weighted by atomic mass is 10.4. The van der Waals surface area contributed by atoms with Crippen molar-refractivity contribution >= 4 is 29.2 Å². The van der Waals surface area contributed by atoms with E-state index in [0.29, 0.717) is 22.1 Å². The molecule has 0 aliphatic rings. The van der Waals surface area contributed by atoms with Gasteiger partial charge in [-0.15, -0.1) is 11.3 Å². The molecule has 0 aliphatic heterocycles. The van der Waals surface area contributed by atoms with Gasteiger partial charge in [-0.2, -0.15) is 0 Å². The third-order valence-electron chi connectivity index (χ3n) is 1.56. The predicted octanol–water partition coefficient (Wildman–Crippen LogP) is 3.47. The summed E-state index contributed by atoms with van der Waals surface area (Å²) in [4.78, 5) is 11.3. The summed E-state index contributed by atoms with van der Waals surface area (Å²) in [6, 6.07) is 7.05. The Kier molecular flexibility index (Phi) is 2.20. The van der Waals surface area contributed by atoms with E-state index in [2.05, 4.69) is 0 Å². The molecule has 4 heteroatoms. The second kappa shape index (κ2) is 3.36. The molecule has 0 radical (unpaired) electrons. The maximum Gasteiger partial charge on any atom is 0.185 e. The summed E-state index contributed by atoms with van der Waals surface area (Å²) in [7, 11) is 0. The van der Waals surface area contributed by atoms with Crippen molar-refractivity contribution in [3.63, 3.8) is 0 Å². The fourth-order valence-corrected chi connectivity index (χ4v) is 2.00. The Balaban J connectivity index is 2.40. The van der Waals surface area contributed by atoms with Crippen LogP contribution in [0.5, 0.6) is 0 Å². The molecule has 0 amide bonds. The standard InChI is InChI=1S/C9H5ClO2S/c10-9-4-3-8(13-9)7-2-1-6(5-11)12-7/h1-5H. The molecular formula is C9H5ClO2S. The number of rotatable bonds is 2. The van der Waals surface area contributed by atoms with Crippen LogP contribution in [0.25, 0.3) is 10.6 Å². The fourth-order valence-electron chi connectivity index (χ4n) is 0.995. The van der Waals surface area contributed by atoms with Crippen LogP contribution in [-0.2, 0) is 0 Å². The minimum Gasteiger partial charge on any atom is -0.452 e. The molecule has 0 N–H and O–H groups in total. The summed E-state index contributed by atoms with van der Waals surface area (Å²) < 4.78 is 5.92. The Hall–Kier alpha value is -1.06. The van der Waals surface area contributed by atoms with Gasteiger partial charge in [-0.3, -0.25) is 4.79 Å². The second-order valence-corrected chi connectivity index (χ2v) is 4.14. The zero-order valence-corrected chi connectivity index (χ0v) is 8.06. The number of hydrogen-bond acceptors (Lipinski definition) is 3. The highest BCUT2D eigenvalue weighted by atomic mass is 35.5. The first-order valence-corrected chi connectivity index (χ1v) is 4.80. The molecule has 0 spiro atoms. The molecule has 0 aliphatic carbocycles. The van der Waals surface area contributed by atoms with E-state index in [9.17, 15) is 4.79 Å². The van der Waals surface area contributed by atoms with Gasteiger partial charge in [0.15, 0.2) is 12.0 Å². The number of hydrogen-bond donors (Lipinski definition) is 0. The minimum atomic E-state index is 0.333. The van der Waals surface area contributed by atoms with Gasteiger partial charge < -0.3 is 4.42 Å². The Morgan fingerprint density at radius 1 is 1.31 bits per heavy atom. The fraction of sp³-hybridized carbons (Fsp3) is 0. The summed E-state index contributed by atoms with van der Waals surface area (Å²) >= 11 is 7.18. The average molecular weight is 213 g/mol. The summed E-state index contributed by atoms with van der Waals surface area (Å²) in [6.07, 6.45) is 0.679. The van der Waals surface area contributed by atoms with E-state index in [1.807, 2.05) is 6.07 Å². The first kappa shape index (κ1) is 8.53. The van der Waals surface area contributed by atoms with Crippen LogP contribution >= 0.6 is 22.9 Å². The molecule has 0 saturated carbocycles. The van der Waals surface area contributed by atoms with Gasteiger partial charge in [-0.25, -0.2) is 0 Å². The lowest BCUT2D eigenvalue weighted by Crippen LogP contribution is -1.67. The number of carbonyl (C=O) groups is 1.